The van der Waals surface area contributed by atoms with Crippen LogP contribution in [-0.2, 0) is 0 Å². The van der Waals surface area contributed by atoms with Gasteiger partial charge in [-0.2, -0.15) is 0 Å². The molecule has 5 rings (SSSR count). The molecule has 180 valence electrons. The highest BCUT2D eigenvalue weighted by atomic mass is 32.1. The van der Waals surface area contributed by atoms with Crippen LogP contribution in [-0.4, -0.2) is 65.5 Å². The fourth-order valence-corrected chi connectivity index (χ4v) is 4.98. The Bertz CT molecular complexity index is 1420. The SMILES string of the molecule is CN=C/C(=C\N)c1cc(O[C@@H]2CCN(C)C[C@@H]2F)c2c(Nc3ccc4ncsc4c3)ncnc2c1. The molecule has 0 spiro atoms. The van der Waals surface area contributed by atoms with E-state index < -0.39 is 12.3 Å². The Kier molecular flexibility index (Phi) is 6.56. The molecule has 1 saturated heterocycles. The van der Waals surface area contributed by atoms with Gasteiger partial charge >= 0.3 is 0 Å². The minimum absolute atomic E-state index is 0.329. The zero-order valence-corrected chi connectivity index (χ0v) is 20.3. The molecular weight excluding hydrogens is 465 g/mol. The summed E-state index contributed by atoms with van der Waals surface area (Å²) in [6, 6.07) is 9.70. The van der Waals surface area contributed by atoms with Gasteiger partial charge in [0.05, 0.1) is 26.6 Å². The summed E-state index contributed by atoms with van der Waals surface area (Å²) < 4.78 is 22.3. The van der Waals surface area contributed by atoms with Gasteiger partial charge in [-0.3, -0.25) is 4.99 Å². The van der Waals surface area contributed by atoms with E-state index in [2.05, 4.69) is 25.3 Å². The Morgan fingerprint density at radius 3 is 2.94 bits per heavy atom. The summed E-state index contributed by atoms with van der Waals surface area (Å²) in [6.07, 6.45) is 3.55. The van der Waals surface area contributed by atoms with Crippen LogP contribution in [0.25, 0.3) is 26.7 Å². The lowest BCUT2D eigenvalue weighted by Gasteiger charge is -2.32. The predicted octanol–water partition coefficient (Wildman–Crippen LogP) is 4.40. The second-order valence-corrected chi connectivity index (χ2v) is 9.37. The van der Waals surface area contributed by atoms with Crippen LogP contribution < -0.4 is 15.8 Å². The average molecular weight is 492 g/mol. The molecule has 0 amide bonds. The van der Waals surface area contributed by atoms with Crippen LogP contribution in [0, 0.1) is 0 Å². The Hall–Kier alpha value is -3.63. The Morgan fingerprint density at radius 1 is 1.26 bits per heavy atom. The number of benzene rings is 2. The van der Waals surface area contributed by atoms with E-state index in [1.807, 2.05) is 47.8 Å². The van der Waals surface area contributed by atoms with E-state index in [0.717, 1.165) is 28.0 Å². The number of allylic oxidation sites excluding steroid dienone is 1. The standard InChI is InChI=1S/C25H26FN7OS/c1-28-11-16(10-27)15-7-20-24(22(8-15)34-21-5-6-33(2)12-18(21)26)25(30-13-29-20)32-17-3-4-19-23(9-17)35-14-31-19/h3-4,7-11,13-14,18,21H,5-6,12,27H2,1-2H3,(H,29,30,32)/b16-10+,28-11?/t18-,21+/m0/s1. The summed E-state index contributed by atoms with van der Waals surface area (Å²) in [4.78, 5) is 19.4. The number of nitrogens with one attached hydrogen (secondary N) is 1. The Morgan fingerprint density at radius 2 is 2.14 bits per heavy atom. The number of piperidine rings is 1. The molecule has 0 saturated carbocycles. The minimum Gasteiger partial charge on any atom is -0.486 e. The molecule has 2 aromatic heterocycles. The van der Waals surface area contributed by atoms with Crippen LogP contribution in [0.15, 0.2) is 53.4 Å². The van der Waals surface area contributed by atoms with E-state index >= 15 is 0 Å². The molecule has 0 unspecified atom stereocenters. The smallest absolute Gasteiger partial charge is 0.149 e. The maximum atomic E-state index is 14.9. The molecule has 3 N–H and O–H groups in total. The van der Waals surface area contributed by atoms with Crippen LogP contribution in [0.1, 0.15) is 12.0 Å². The van der Waals surface area contributed by atoms with Crippen molar-refractivity contribution >= 4 is 55.7 Å². The summed E-state index contributed by atoms with van der Waals surface area (Å²) in [7, 11) is 3.59. The van der Waals surface area contributed by atoms with Crippen LogP contribution in [0.2, 0.25) is 0 Å². The quantitative estimate of drug-likeness (QED) is 0.385. The van der Waals surface area contributed by atoms with E-state index in [1.54, 1.807) is 24.6 Å². The van der Waals surface area contributed by atoms with Gasteiger partial charge in [0.2, 0.25) is 0 Å². The number of alkyl halides is 1. The number of hydrogen-bond donors (Lipinski definition) is 2. The highest BCUT2D eigenvalue weighted by Gasteiger charge is 2.30. The molecule has 35 heavy (non-hydrogen) atoms. The van der Waals surface area contributed by atoms with Gasteiger partial charge in [0, 0.05) is 43.8 Å². The van der Waals surface area contributed by atoms with Crippen molar-refractivity contribution < 1.29 is 9.13 Å². The number of fused-ring (bicyclic) bond motifs is 2. The van der Waals surface area contributed by atoms with Gasteiger partial charge in [-0.15, -0.1) is 11.3 Å². The molecule has 2 atom stereocenters. The number of ether oxygens (including phenoxy) is 1. The molecular formula is C25H26FN7OS. The molecule has 4 aromatic rings. The predicted molar refractivity (Wildman–Crippen MR) is 140 cm³/mol. The fraction of sp³-hybridized carbons (Fsp3) is 0.280. The largest absolute Gasteiger partial charge is 0.486 e. The molecule has 1 aliphatic heterocycles. The van der Waals surface area contributed by atoms with E-state index in [1.165, 1.54) is 12.5 Å². The summed E-state index contributed by atoms with van der Waals surface area (Å²) >= 11 is 1.57. The molecule has 10 heteroatoms. The molecule has 3 heterocycles. The first-order chi connectivity index (χ1) is 17.1. The molecule has 0 radical (unpaired) electrons. The third kappa shape index (κ3) is 4.80. The number of nitrogens with zero attached hydrogens (tertiary/aromatic N) is 5. The molecule has 2 aromatic carbocycles. The highest BCUT2D eigenvalue weighted by Crippen LogP contribution is 2.36. The summed E-state index contributed by atoms with van der Waals surface area (Å²) in [6.45, 7) is 1.09. The first kappa shape index (κ1) is 23.1. The zero-order valence-electron chi connectivity index (χ0n) is 19.5. The minimum atomic E-state index is -1.11. The van der Waals surface area contributed by atoms with Gasteiger partial charge < -0.3 is 20.7 Å². The lowest BCUT2D eigenvalue weighted by atomic mass is 10.0. The van der Waals surface area contributed by atoms with Crippen molar-refractivity contribution in [3.8, 4) is 5.75 Å². The van der Waals surface area contributed by atoms with Crippen LogP contribution in [0.3, 0.4) is 0 Å². The second kappa shape index (κ2) is 9.93. The van der Waals surface area contributed by atoms with E-state index in [9.17, 15) is 4.39 Å². The summed E-state index contributed by atoms with van der Waals surface area (Å²) in [5.41, 5.74) is 11.6. The van der Waals surface area contributed by atoms with Gasteiger partial charge in [-0.25, -0.2) is 19.3 Å². The number of thiazole rings is 1. The maximum Gasteiger partial charge on any atom is 0.149 e. The lowest BCUT2D eigenvalue weighted by Crippen LogP contribution is -2.45. The summed E-state index contributed by atoms with van der Waals surface area (Å²) in [5.74, 6) is 1.08. The van der Waals surface area contributed by atoms with Crippen molar-refractivity contribution in [3.05, 3.63) is 53.9 Å². The van der Waals surface area contributed by atoms with Crippen molar-refractivity contribution in [1.82, 2.24) is 19.9 Å². The number of anilines is 2. The van der Waals surface area contributed by atoms with Crippen molar-refractivity contribution in [2.75, 3.05) is 32.5 Å². The molecule has 1 aliphatic rings. The van der Waals surface area contributed by atoms with E-state index in [4.69, 9.17) is 10.5 Å². The number of halogens is 1. The fourth-order valence-electron chi connectivity index (χ4n) is 4.26. The third-order valence-corrected chi connectivity index (χ3v) is 6.83. The monoisotopic (exact) mass is 491 g/mol. The van der Waals surface area contributed by atoms with Crippen LogP contribution in [0.5, 0.6) is 5.75 Å². The zero-order chi connectivity index (χ0) is 24.4. The highest BCUT2D eigenvalue weighted by molar-refractivity contribution is 7.16. The topological polar surface area (TPSA) is 102 Å². The summed E-state index contributed by atoms with van der Waals surface area (Å²) in [5, 5.41) is 4.07. The Labute approximate surface area is 206 Å². The number of aliphatic imine (C=N–C) groups is 1. The van der Waals surface area contributed by atoms with Crippen molar-refractivity contribution in [2.24, 2.45) is 10.7 Å². The van der Waals surface area contributed by atoms with E-state index in [-0.39, 0.29) is 0 Å². The number of nitrogens with two attached hydrogens (primary N) is 1. The van der Waals surface area contributed by atoms with Gasteiger partial charge in [0.25, 0.3) is 0 Å². The van der Waals surface area contributed by atoms with E-state index in [0.29, 0.717) is 41.0 Å². The van der Waals surface area contributed by atoms with Gasteiger partial charge in [0.15, 0.2) is 0 Å². The molecule has 1 fully saturated rings. The van der Waals surface area contributed by atoms with Crippen LogP contribution >= 0.6 is 11.3 Å². The second-order valence-electron chi connectivity index (χ2n) is 8.48. The average Bonchev–Trinajstić information content (AvgIpc) is 3.32. The van der Waals surface area contributed by atoms with Gasteiger partial charge in [-0.1, -0.05) is 0 Å². The normalized spacial score (nSPS) is 19.6. The lowest BCUT2D eigenvalue weighted by molar-refractivity contribution is 0.0322. The molecule has 0 aliphatic carbocycles. The van der Waals surface area contributed by atoms with Crippen molar-refractivity contribution in [3.63, 3.8) is 0 Å². The molecule has 8 nitrogen and oxygen atoms in total. The first-order valence-corrected chi connectivity index (χ1v) is 12.2. The third-order valence-electron chi connectivity index (χ3n) is 6.04. The molecule has 0 bridgehead atoms. The van der Waals surface area contributed by atoms with Crippen LogP contribution in [0.4, 0.5) is 15.9 Å². The number of rotatable bonds is 6. The van der Waals surface area contributed by atoms with Crippen molar-refractivity contribution in [2.45, 2.75) is 18.7 Å². The number of hydrogen-bond acceptors (Lipinski definition) is 9. The number of aromatic nitrogens is 3. The maximum absolute atomic E-state index is 14.9. The first-order valence-electron chi connectivity index (χ1n) is 11.3. The van der Waals surface area contributed by atoms with Gasteiger partial charge in [0.1, 0.15) is 30.2 Å². The van der Waals surface area contributed by atoms with Crippen molar-refractivity contribution in [1.29, 1.82) is 0 Å². The van der Waals surface area contributed by atoms with Gasteiger partial charge in [-0.05, 0) is 49.4 Å². The number of likely N-dealkylation sites (tertiary alicyclic amines) is 1. The Balaban J connectivity index is 1.61.